The molecule has 0 radical (unpaired) electrons. The van der Waals surface area contributed by atoms with Gasteiger partial charge in [-0.1, -0.05) is 12.5 Å². The predicted molar refractivity (Wildman–Crippen MR) is 74.8 cm³/mol. The Morgan fingerprint density at radius 2 is 2.00 bits per heavy atom. The molecule has 0 aliphatic carbocycles. The smallest absolute Gasteiger partial charge is 0.283 e. The highest BCUT2D eigenvalue weighted by Gasteiger charge is 2.14. The summed E-state index contributed by atoms with van der Waals surface area (Å²) in [7, 11) is 0. The average Bonchev–Trinajstić information content (AvgIpc) is 2.38. The number of nitro groups is 1. The Labute approximate surface area is 115 Å². The van der Waals surface area contributed by atoms with Crippen molar-refractivity contribution in [1.29, 1.82) is 0 Å². The van der Waals surface area contributed by atoms with Gasteiger partial charge in [0.2, 0.25) is 0 Å². The van der Waals surface area contributed by atoms with Gasteiger partial charge in [-0.15, -0.1) is 0 Å². The van der Waals surface area contributed by atoms with Crippen LogP contribution < -0.4 is 0 Å². The fourth-order valence-electron chi connectivity index (χ4n) is 2.32. The van der Waals surface area contributed by atoms with E-state index in [0.717, 1.165) is 18.5 Å². The Hall–Kier alpha value is -0.940. The maximum Gasteiger partial charge on any atom is 0.283 e. The molecule has 0 saturated carbocycles. The first kappa shape index (κ1) is 13.5. The average molecular weight is 313 g/mol. The van der Waals surface area contributed by atoms with E-state index >= 15 is 0 Å². The number of nitro benzene ring substituents is 1. The van der Waals surface area contributed by atoms with Crippen LogP contribution in [0.3, 0.4) is 0 Å². The van der Waals surface area contributed by atoms with Crippen LogP contribution in [0.15, 0.2) is 22.7 Å². The molecule has 1 aliphatic rings. The van der Waals surface area contributed by atoms with E-state index < -0.39 is 0 Å². The number of likely N-dealkylation sites (tertiary alicyclic amines) is 1. The monoisotopic (exact) mass is 312 g/mol. The minimum Gasteiger partial charge on any atom is -0.303 e. The first-order valence-corrected chi connectivity index (χ1v) is 7.11. The van der Waals surface area contributed by atoms with Crippen molar-refractivity contribution in [1.82, 2.24) is 4.90 Å². The van der Waals surface area contributed by atoms with Crippen LogP contribution in [-0.4, -0.2) is 29.5 Å². The molecule has 1 heterocycles. The standard InChI is InChI=1S/C13H17BrN2O2/c14-12-5-4-11(10-13(12)16(17)18)6-9-15-7-2-1-3-8-15/h4-5,10H,1-3,6-9H2. The summed E-state index contributed by atoms with van der Waals surface area (Å²) >= 11 is 3.21. The highest BCUT2D eigenvalue weighted by Crippen LogP contribution is 2.26. The van der Waals surface area contributed by atoms with E-state index in [1.54, 1.807) is 12.1 Å². The third-order valence-corrected chi connectivity index (χ3v) is 4.04. The lowest BCUT2D eigenvalue weighted by atomic mass is 10.1. The van der Waals surface area contributed by atoms with Gasteiger partial charge in [-0.05, 0) is 59.9 Å². The third kappa shape index (κ3) is 3.53. The molecule has 0 atom stereocenters. The summed E-state index contributed by atoms with van der Waals surface area (Å²) in [5, 5.41) is 10.8. The largest absolute Gasteiger partial charge is 0.303 e. The van der Waals surface area contributed by atoms with Crippen molar-refractivity contribution in [2.45, 2.75) is 25.7 Å². The molecule has 98 valence electrons. The predicted octanol–water partition coefficient (Wildman–Crippen LogP) is 3.39. The Morgan fingerprint density at radius 1 is 1.28 bits per heavy atom. The molecule has 0 bridgehead atoms. The Morgan fingerprint density at radius 3 is 2.67 bits per heavy atom. The molecule has 0 N–H and O–H groups in total. The van der Waals surface area contributed by atoms with Crippen LogP contribution in [0.25, 0.3) is 0 Å². The molecule has 0 amide bonds. The van der Waals surface area contributed by atoms with E-state index in [1.807, 2.05) is 6.07 Å². The van der Waals surface area contributed by atoms with Crippen molar-refractivity contribution in [3.05, 3.63) is 38.3 Å². The maximum atomic E-state index is 10.8. The summed E-state index contributed by atoms with van der Waals surface area (Å²) in [6.45, 7) is 3.33. The van der Waals surface area contributed by atoms with Gasteiger partial charge in [0.25, 0.3) is 5.69 Å². The van der Waals surface area contributed by atoms with Crippen LogP contribution in [0.4, 0.5) is 5.69 Å². The molecule has 0 spiro atoms. The second-order valence-electron chi connectivity index (χ2n) is 4.70. The minimum absolute atomic E-state index is 0.158. The van der Waals surface area contributed by atoms with Crippen LogP contribution in [0.5, 0.6) is 0 Å². The number of halogens is 1. The summed E-state index contributed by atoms with van der Waals surface area (Å²) in [6, 6.07) is 5.40. The Bertz CT molecular complexity index is 431. The van der Waals surface area contributed by atoms with E-state index in [1.165, 1.54) is 32.4 Å². The highest BCUT2D eigenvalue weighted by molar-refractivity contribution is 9.10. The summed E-state index contributed by atoms with van der Waals surface area (Å²) in [5.41, 5.74) is 1.20. The van der Waals surface area contributed by atoms with Crippen molar-refractivity contribution in [2.24, 2.45) is 0 Å². The molecular formula is C13H17BrN2O2. The topological polar surface area (TPSA) is 46.4 Å². The van der Waals surface area contributed by atoms with Crippen LogP contribution in [0, 0.1) is 10.1 Å². The van der Waals surface area contributed by atoms with Gasteiger partial charge < -0.3 is 4.90 Å². The first-order chi connectivity index (χ1) is 8.66. The van der Waals surface area contributed by atoms with E-state index in [2.05, 4.69) is 20.8 Å². The quantitative estimate of drug-likeness (QED) is 0.632. The molecule has 1 aliphatic heterocycles. The molecule has 1 fully saturated rings. The zero-order chi connectivity index (χ0) is 13.0. The lowest BCUT2D eigenvalue weighted by molar-refractivity contribution is -0.385. The number of benzene rings is 1. The van der Waals surface area contributed by atoms with Gasteiger partial charge in [-0.25, -0.2) is 0 Å². The van der Waals surface area contributed by atoms with Crippen molar-refractivity contribution in [3.8, 4) is 0 Å². The van der Waals surface area contributed by atoms with Gasteiger partial charge in [0, 0.05) is 12.6 Å². The van der Waals surface area contributed by atoms with Crippen molar-refractivity contribution in [2.75, 3.05) is 19.6 Å². The number of hydrogen-bond donors (Lipinski definition) is 0. The van der Waals surface area contributed by atoms with Crippen LogP contribution in [0.1, 0.15) is 24.8 Å². The van der Waals surface area contributed by atoms with Gasteiger partial charge in [-0.2, -0.15) is 0 Å². The van der Waals surface area contributed by atoms with Crippen molar-refractivity contribution < 1.29 is 4.92 Å². The zero-order valence-corrected chi connectivity index (χ0v) is 11.9. The van der Waals surface area contributed by atoms with E-state index in [9.17, 15) is 10.1 Å². The Balaban J connectivity index is 1.96. The number of piperidine rings is 1. The molecule has 1 aromatic rings. The number of rotatable bonds is 4. The SMILES string of the molecule is O=[N+]([O-])c1cc(CCN2CCCCC2)ccc1Br. The van der Waals surface area contributed by atoms with Gasteiger partial charge in [-0.3, -0.25) is 10.1 Å². The second kappa shape index (κ2) is 6.29. The molecule has 5 heteroatoms. The zero-order valence-electron chi connectivity index (χ0n) is 10.3. The van der Waals surface area contributed by atoms with E-state index in [0.29, 0.717) is 4.47 Å². The molecule has 4 nitrogen and oxygen atoms in total. The summed E-state index contributed by atoms with van der Waals surface area (Å²) < 4.78 is 0.550. The molecule has 18 heavy (non-hydrogen) atoms. The third-order valence-electron chi connectivity index (χ3n) is 3.37. The summed E-state index contributed by atoms with van der Waals surface area (Å²) in [4.78, 5) is 12.9. The molecule has 1 aromatic carbocycles. The summed E-state index contributed by atoms with van der Waals surface area (Å²) in [5.74, 6) is 0. The minimum atomic E-state index is -0.339. The molecule has 1 saturated heterocycles. The van der Waals surface area contributed by atoms with Crippen LogP contribution in [0.2, 0.25) is 0 Å². The van der Waals surface area contributed by atoms with Gasteiger partial charge in [0.05, 0.1) is 9.40 Å². The highest BCUT2D eigenvalue weighted by atomic mass is 79.9. The molecular weight excluding hydrogens is 296 g/mol. The fourth-order valence-corrected chi connectivity index (χ4v) is 2.72. The van der Waals surface area contributed by atoms with E-state index in [-0.39, 0.29) is 10.6 Å². The van der Waals surface area contributed by atoms with Gasteiger partial charge >= 0.3 is 0 Å². The normalized spacial score (nSPS) is 16.7. The van der Waals surface area contributed by atoms with Gasteiger partial charge in [0.1, 0.15) is 0 Å². The Kier molecular flexibility index (Phi) is 4.72. The second-order valence-corrected chi connectivity index (χ2v) is 5.55. The van der Waals surface area contributed by atoms with E-state index in [4.69, 9.17) is 0 Å². The lowest BCUT2D eigenvalue weighted by Crippen LogP contribution is -2.31. The van der Waals surface area contributed by atoms with Crippen LogP contribution in [-0.2, 0) is 6.42 Å². The number of nitrogens with zero attached hydrogens (tertiary/aromatic N) is 2. The molecule has 2 rings (SSSR count). The van der Waals surface area contributed by atoms with Crippen molar-refractivity contribution >= 4 is 21.6 Å². The number of hydrogen-bond acceptors (Lipinski definition) is 3. The fraction of sp³-hybridized carbons (Fsp3) is 0.538. The molecule has 0 aromatic heterocycles. The molecule has 0 unspecified atom stereocenters. The van der Waals surface area contributed by atoms with Crippen molar-refractivity contribution in [3.63, 3.8) is 0 Å². The lowest BCUT2D eigenvalue weighted by Gasteiger charge is -2.26. The van der Waals surface area contributed by atoms with Gasteiger partial charge in [0.15, 0.2) is 0 Å². The first-order valence-electron chi connectivity index (χ1n) is 6.32. The maximum absolute atomic E-state index is 10.8. The van der Waals surface area contributed by atoms with Crippen LogP contribution >= 0.6 is 15.9 Å². The summed E-state index contributed by atoms with van der Waals surface area (Å²) in [6.07, 6.45) is 4.77.